The van der Waals surface area contributed by atoms with Crippen LogP contribution in [0.2, 0.25) is 0 Å². The summed E-state index contributed by atoms with van der Waals surface area (Å²) in [6, 6.07) is 0. The smallest absolute Gasteiger partial charge is 0.341 e. The summed E-state index contributed by atoms with van der Waals surface area (Å²) in [4.78, 5) is 36.8. The van der Waals surface area contributed by atoms with E-state index in [1.807, 2.05) is 0 Å². The van der Waals surface area contributed by atoms with Gasteiger partial charge in [-0.15, -0.1) is 6.42 Å². The van der Waals surface area contributed by atoms with Crippen molar-refractivity contribution in [3.63, 3.8) is 0 Å². The summed E-state index contributed by atoms with van der Waals surface area (Å²) in [5.74, 6) is -0.650. The van der Waals surface area contributed by atoms with Crippen LogP contribution in [-0.2, 0) is 4.74 Å². The van der Waals surface area contributed by atoms with E-state index in [0.717, 1.165) is 10.9 Å². The lowest BCUT2D eigenvalue weighted by Crippen LogP contribution is -2.55. The minimum Gasteiger partial charge on any atom is -0.502 e. The van der Waals surface area contributed by atoms with E-state index < -0.39 is 28.6 Å². The van der Waals surface area contributed by atoms with Gasteiger partial charge in [0.25, 0.3) is 5.91 Å². The molecule has 0 unspecified atom stereocenters. The number of rotatable bonds is 5. The van der Waals surface area contributed by atoms with Crippen LogP contribution in [-0.4, -0.2) is 65.1 Å². The Morgan fingerprint density at radius 3 is 2.74 bits per heavy atom. The summed E-state index contributed by atoms with van der Waals surface area (Å²) >= 11 is 0. The number of amides is 1. The second kappa shape index (κ2) is 6.41. The number of hydrogen-bond donors (Lipinski definition) is 2. The van der Waals surface area contributed by atoms with Gasteiger partial charge in [0.2, 0.25) is 5.43 Å². The van der Waals surface area contributed by atoms with Crippen molar-refractivity contribution in [3.05, 3.63) is 27.7 Å². The number of aromatic carboxylic acids is 1. The molecule has 0 aliphatic carbocycles. The summed E-state index contributed by atoms with van der Waals surface area (Å²) in [6.45, 7) is 0.602. The van der Waals surface area contributed by atoms with Crippen LogP contribution in [0.3, 0.4) is 0 Å². The maximum absolute atomic E-state index is 12.5. The Labute approximate surface area is 131 Å². The molecule has 23 heavy (non-hydrogen) atoms. The van der Waals surface area contributed by atoms with E-state index in [1.54, 1.807) is 0 Å². The summed E-state index contributed by atoms with van der Waals surface area (Å²) in [7, 11) is 1.47. The van der Waals surface area contributed by atoms with Crippen LogP contribution in [0.4, 0.5) is 0 Å². The Morgan fingerprint density at radius 2 is 2.17 bits per heavy atom. The van der Waals surface area contributed by atoms with Crippen LogP contribution in [0.25, 0.3) is 0 Å². The molecule has 0 fully saturated rings. The fourth-order valence-corrected chi connectivity index (χ4v) is 2.25. The molecule has 0 atom stereocenters. The first kappa shape index (κ1) is 16.4. The third kappa shape index (κ3) is 2.84. The van der Waals surface area contributed by atoms with Gasteiger partial charge in [0.05, 0.1) is 13.2 Å². The number of carboxylic acid groups (broad SMARTS) is 1. The highest BCUT2D eigenvalue weighted by atomic mass is 16.5. The molecule has 0 spiro atoms. The lowest BCUT2D eigenvalue weighted by molar-refractivity contribution is 0.0619. The number of carbonyl (C=O) groups excluding carboxylic acids is 1. The first-order valence-corrected chi connectivity index (χ1v) is 6.61. The van der Waals surface area contributed by atoms with E-state index in [1.165, 1.54) is 17.0 Å². The molecule has 1 aliphatic rings. The topological polar surface area (TPSA) is 112 Å². The minimum absolute atomic E-state index is 0.0468. The molecule has 2 rings (SSSR count). The Morgan fingerprint density at radius 1 is 1.48 bits per heavy atom. The highest BCUT2D eigenvalue weighted by Gasteiger charge is 2.33. The minimum atomic E-state index is -1.50. The third-order valence-electron chi connectivity index (χ3n) is 3.36. The molecular formula is C14H15N3O6. The maximum Gasteiger partial charge on any atom is 0.341 e. The predicted molar refractivity (Wildman–Crippen MR) is 79.0 cm³/mol. The van der Waals surface area contributed by atoms with Crippen molar-refractivity contribution in [3.8, 4) is 18.1 Å². The van der Waals surface area contributed by atoms with Gasteiger partial charge in [0.1, 0.15) is 12.2 Å². The molecule has 9 heteroatoms. The largest absolute Gasteiger partial charge is 0.502 e. The van der Waals surface area contributed by atoms with Crippen LogP contribution >= 0.6 is 0 Å². The SMILES string of the molecule is C#CCN1CN(CCOC)C(=O)c2c(O)c(=O)c(C(=O)O)cn21. The molecule has 9 nitrogen and oxygen atoms in total. The quantitative estimate of drug-likeness (QED) is 0.661. The number of aromatic nitrogens is 1. The van der Waals surface area contributed by atoms with Gasteiger partial charge in [-0.2, -0.15) is 0 Å². The van der Waals surface area contributed by atoms with Crippen LogP contribution in [0, 0.1) is 12.3 Å². The zero-order valence-corrected chi connectivity index (χ0v) is 12.4. The average Bonchev–Trinajstić information content (AvgIpc) is 2.51. The lowest BCUT2D eigenvalue weighted by atomic mass is 10.2. The number of terminal acetylenes is 1. The molecule has 0 saturated carbocycles. The summed E-state index contributed by atoms with van der Waals surface area (Å²) < 4.78 is 6.04. The Balaban J connectivity index is 2.61. The summed E-state index contributed by atoms with van der Waals surface area (Å²) in [5.41, 5.74) is -2.09. The Kier molecular flexibility index (Phi) is 4.57. The number of fused-ring (bicyclic) bond motifs is 1. The van der Waals surface area contributed by atoms with Crippen molar-refractivity contribution in [1.82, 2.24) is 9.58 Å². The van der Waals surface area contributed by atoms with Crippen LogP contribution in [0.5, 0.6) is 5.75 Å². The molecule has 0 radical (unpaired) electrons. The molecule has 0 aromatic carbocycles. The standard InChI is InChI=1S/C14H15N3O6/c1-3-4-16-8-15(5-6-23-2)13(20)10-12(19)11(18)9(14(21)22)7-17(10)16/h1,7,19H,4-6,8H2,2H3,(H,21,22). The fourth-order valence-electron chi connectivity index (χ4n) is 2.25. The second-order valence-corrected chi connectivity index (χ2v) is 4.79. The van der Waals surface area contributed by atoms with Crippen LogP contribution in [0.15, 0.2) is 11.0 Å². The molecule has 122 valence electrons. The molecule has 1 aromatic heterocycles. The molecular weight excluding hydrogens is 306 g/mol. The lowest BCUT2D eigenvalue weighted by Gasteiger charge is -2.38. The number of pyridine rings is 1. The average molecular weight is 321 g/mol. The van der Waals surface area contributed by atoms with E-state index in [-0.39, 0.29) is 32.1 Å². The monoisotopic (exact) mass is 321 g/mol. The number of carboxylic acids is 1. The van der Waals surface area contributed by atoms with Gasteiger partial charge in [-0.25, -0.2) is 4.79 Å². The van der Waals surface area contributed by atoms with E-state index in [9.17, 15) is 19.5 Å². The van der Waals surface area contributed by atoms with Gasteiger partial charge in [-0.1, -0.05) is 5.92 Å². The van der Waals surface area contributed by atoms with Crippen molar-refractivity contribution in [2.24, 2.45) is 0 Å². The van der Waals surface area contributed by atoms with Gasteiger partial charge in [0, 0.05) is 19.9 Å². The number of ether oxygens (including phenoxy) is 1. The van der Waals surface area contributed by atoms with Gasteiger partial charge in [-0.05, 0) is 0 Å². The van der Waals surface area contributed by atoms with Crippen molar-refractivity contribution in [1.29, 1.82) is 0 Å². The molecule has 1 aliphatic heterocycles. The van der Waals surface area contributed by atoms with Gasteiger partial charge in [0.15, 0.2) is 11.4 Å². The van der Waals surface area contributed by atoms with Crippen LogP contribution in [0.1, 0.15) is 20.8 Å². The van der Waals surface area contributed by atoms with Gasteiger partial charge < -0.3 is 19.8 Å². The Hall–Kier alpha value is -2.99. The predicted octanol–water partition coefficient (Wildman–Crippen LogP) is -1.12. The highest BCUT2D eigenvalue weighted by molar-refractivity contribution is 5.97. The zero-order valence-electron chi connectivity index (χ0n) is 12.4. The van der Waals surface area contributed by atoms with Crippen molar-refractivity contribution < 1.29 is 24.5 Å². The number of hydrogen-bond acceptors (Lipinski definition) is 6. The molecule has 0 bridgehead atoms. The van der Waals surface area contributed by atoms with E-state index in [2.05, 4.69) is 5.92 Å². The highest BCUT2D eigenvalue weighted by Crippen LogP contribution is 2.21. The first-order chi connectivity index (χ1) is 10.9. The summed E-state index contributed by atoms with van der Waals surface area (Å²) in [6.07, 6.45) is 6.28. The van der Waals surface area contributed by atoms with Crippen molar-refractivity contribution >= 4 is 11.9 Å². The molecule has 0 saturated heterocycles. The third-order valence-corrected chi connectivity index (χ3v) is 3.36. The van der Waals surface area contributed by atoms with Crippen molar-refractivity contribution in [2.45, 2.75) is 0 Å². The summed E-state index contributed by atoms with van der Waals surface area (Å²) in [5, 5.41) is 20.5. The maximum atomic E-state index is 12.5. The number of carbonyl (C=O) groups is 2. The zero-order chi connectivity index (χ0) is 17.1. The number of nitrogens with zero attached hydrogens (tertiary/aromatic N) is 3. The number of methoxy groups -OCH3 is 1. The molecule has 1 amide bonds. The molecule has 1 aromatic rings. The molecule has 2 N–H and O–H groups in total. The normalized spacial score (nSPS) is 13.7. The first-order valence-electron chi connectivity index (χ1n) is 6.61. The van der Waals surface area contributed by atoms with Gasteiger partial charge in [-0.3, -0.25) is 19.3 Å². The molecule has 2 heterocycles. The van der Waals surface area contributed by atoms with E-state index in [0.29, 0.717) is 0 Å². The fraction of sp³-hybridized carbons (Fsp3) is 0.357. The van der Waals surface area contributed by atoms with Crippen molar-refractivity contribution in [2.75, 3.05) is 38.5 Å². The van der Waals surface area contributed by atoms with E-state index >= 15 is 0 Å². The number of aromatic hydroxyl groups is 1. The van der Waals surface area contributed by atoms with E-state index in [4.69, 9.17) is 16.3 Å². The second-order valence-electron chi connectivity index (χ2n) is 4.79. The Bertz CT molecular complexity index is 748. The van der Waals surface area contributed by atoms with Crippen LogP contribution < -0.4 is 10.4 Å². The van der Waals surface area contributed by atoms with Gasteiger partial charge >= 0.3 is 5.97 Å².